The van der Waals surface area contributed by atoms with Crippen LogP contribution >= 0.6 is 0 Å². The maximum absolute atomic E-state index is 13.4. The summed E-state index contributed by atoms with van der Waals surface area (Å²) in [6.45, 7) is 1.36. The number of nitrogens with one attached hydrogen (secondary N) is 1. The van der Waals surface area contributed by atoms with Gasteiger partial charge in [-0.1, -0.05) is 18.2 Å². The molecule has 0 radical (unpaired) electrons. The molecule has 5 aromatic rings. The molecule has 12 heteroatoms. The van der Waals surface area contributed by atoms with Crippen LogP contribution in [-0.4, -0.2) is 24.8 Å². The molecule has 0 spiro atoms. The maximum Gasteiger partial charge on any atom is 0.416 e. The van der Waals surface area contributed by atoms with Crippen LogP contribution in [0.15, 0.2) is 73.1 Å². The van der Waals surface area contributed by atoms with Crippen LogP contribution in [-0.2, 0) is 12.4 Å². The van der Waals surface area contributed by atoms with E-state index in [1.54, 1.807) is 12.1 Å². The highest BCUT2D eigenvalue weighted by Gasteiger charge is 2.33. The number of alkyl halides is 6. The van der Waals surface area contributed by atoms with Crippen LogP contribution in [0.2, 0.25) is 0 Å². The average Bonchev–Trinajstić information content (AvgIpc) is 3.24. The first-order valence-electron chi connectivity index (χ1n) is 10.8. The zero-order chi connectivity index (χ0) is 26.4. The van der Waals surface area contributed by atoms with Gasteiger partial charge in [-0.2, -0.15) is 36.1 Å². The summed E-state index contributed by atoms with van der Waals surface area (Å²) in [6.07, 6.45) is -6.22. The van der Waals surface area contributed by atoms with Gasteiger partial charge < -0.3 is 5.32 Å². The number of hydrogen-bond donors (Lipinski definition) is 1. The van der Waals surface area contributed by atoms with Crippen LogP contribution in [0.4, 0.5) is 38.0 Å². The lowest BCUT2D eigenvalue weighted by atomic mass is 10.0. The van der Waals surface area contributed by atoms with Crippen molar-refractivity contribution in [2.45, 2.75) is 19.3 Å². The normalized spacial score (nSPS) is 12.2. The third-order valence-corrected chi connectivity index (χ3v) is 5.59. The Morgan fingerprint density at radius 2 is 1.65 bits per heavy atom. The SMILES string of the molecule is Cc1ccc(Nc2nccc(-c3c(-c4cccc(C(F)(F)F)c4)nn4ncccc34)n2)cc1C(F)(F)F. The minimum Gasteiger partial charge on any atom is -0.324 e. The number of anilines is 2. The molecule has 0 atom stereocenters. The van der Waals surface area contributed by atoms with Crippen LogP contribution in [0.3, 0.4) is 0 Å². The van der Waals surface area contributed by atoms with Crippen molar-refractivity contribution in [3.05, 3.63) is 89.7 Å². The number of hydrogen-bond acceptors (Lipinski definition) is 5. The van der Waals surface area contributed by atoms with Crippen LogP contribution in [0.1, 0.15) is 16.7 Å². The summed E-state index contributed by atoms with van der Waals surface area (Å²) in [7, 11) is 0. The standard InChI is InChI=1S/C25H16F6N6/c1-14-7-8-17(13-18(14)25(29,30)31)34-23-32-11-9-19(35-23)21-20-6-3-10-33-37(20)36-22(21)15-4-2-5-16(12-15)24(26,27)28/h2-13H,1H3,(H,32,34,35). The Bertz CT molecular complexity index is 1610. The van der Waals surface area contributed by atoms with Crippen molar-refractivity contribution >= 4 is 17.2 Å². The smallest absolute Gasteiger partial charge is 0.324 e. The highest BCUT2D eigenvalue weighted by atomic mass is 19.4. The summed E-state index contributed by atoms with van der Waals surface area (Å²) in [5, 5.41) is 11.3. The molecule has 0 aliphatic heterocycles. The Morgan fingerprint density at radius 3 is 2.41 bits per heavy atom. The van der Waals surface area contributed by atoms with E-state index >= 15 is 0 Å². The van der Waals surface area contributed by atoms with Crippen molar-refractivity contribution in [2.75, 3.05) is 5.32 Å². The Hall–Kier alpha value is -4.48. The summed E-state index contributed by atoms with van der Waals surface area (Å²) >= 11 is 0. The van der Waals surface area contributed by atoms with E-state index in [1.165, 1.54) is 54.3 Å². The highest BCUT2D eigenvalue weighted by Crippen LogP contribution is 2.38. The van der Waals surface area contributed by atoms with E-state index in [0.717, 1.165) is 18.2 Å². The molecule has 188 valence electrons. The first-order chi connectivity index (χ1) is 17.5. The molecular weight excluding hydrogens is 498 g/mol. The van der Waals surface area contributed by atoms with E-state index in [4.69, 9.17) is 0 Å². The number of rotatable bonds is 4. The molecule has 0 aliphatic rings. The van der Waals surface area contributed by atoms with Crippen molar-refractivity contribution in [3.63, 3.8) is 0 Å². The largest absolute Gasteiger partial charge is 0.416 e. The average molecular weight is 514 g/mol. The van der Waals surface area contributed by atoms with Crippen LogP contribution in [0.25, 0.3) is 28.0 Å². The number of aromatic nitrogens is 5. The van der Waals surface area contributed by atoms with Crippen LogP contribution in [0.5, 0.6) is 0 Å². The molecule has 0 amide bonds. The molecule has 1 N–H and O–H groups in total. The van der Waals surface area contributed by atoms with Gasteiger partial charge in [0.1, 0.15) is 5.69 Å². The van der Waals surface area contributed by atoms with Gasteiger partial charge >= 0.3 is 12.4 Å². The lowest BCUT2D eigenvalue weighted by Gasteiger charge is -2.13. The number of nitrogens with zero attached hydrogens (tertiary/aromatic N) is 5. The van der Waals surface area contributed by atoms with Gasteiger partial charge in [0, 0.05) is 23.6 Å². The van der Waals surface area contributed by atoms with E-state index in [1.807, 2.05) is 0 Å². The van der Waals surface area contributed by atoms with Crippen molar-refractivity contribution in [3.8, 4) is 22.5 Å². The lowest BCUT2D eigenvalue weighted by Crippen LogP contribution is -2.08. The third-order valence-electron chi connectivity index (χ3n) is 5.59. The predicted octanol–water partition coefficient (Wildman–Crippen LogP) is 6.94. The number of benzene rings is 2. The molecule has 0 fully saturated rings. The molecule has 0 unspecified atom stereocenters. The van der Waals surface area contributed by atoms with Gasteiger partial charge in [-0.25, -0.2) is 9.97 Å². The van der Waals surface area contributed by atoms with E-state index in [0.29, 0.717) is 11.1 Å². The van der Waals surface area contributed by atoms with Crippen molar-refractivity contribution in [1.29, 1.82) is 0 Å². The predicted molar refractivity (Wildman–Crippen MR) is 124 cm³/mol. The molecule has 3 aromatic heterocycles. The van der Waals surface area contributed by atoms with Gasteiger partial charge in [0.15, 0.2) is 0 Å². The maximum atomic E-state index is 13.4. The molecular formula is C25H16F6N6. The fourth-order valence-corrected chi connectivity index (χ4v) is 3.88. The van der Waals surface area contributed by atoms with Crippen molar-refractivity contribution in [2.24, 2.45) is 0 Å². The van der Waals surface area contributed by atoms with E-state index in [9.17, 15) is 26.3 Å². The van der Waals surface area contributed by atoms with Crippen LogP contribution < -0.4 is 5.32 Å². The summed E-state index contributed by atoms with van der Waals surface area (Å²) < 4.78 is 81.3. The summed E-state index contributed by atoms with van der Waals surface area (Å²) in [6, 6.07) is 13.3. The molecule has 2 aromatic carbocycles. The molecule has 0 saturated carbocycles. The van der Waals surface area contributed by atoms with Gasteiger partial charge in [-0.15, -0.1) is 5.10 Å². The monoisotopic (exact) mass is 514 g/mol. The van der Waals surface area contributed by atoms with Gasteiger partial charge in [0.2, 0.25) is 5.95 Å². The van der Waals surface area contributed by atoms with E-state index in [2.05, 4.69) is 25.5 Å². The number of aryl methyl sites for hydroxylation is 1. The van der Waals surface area contributed by atoms with Gasteiger partial charge in [0.05, 0.1) is 27.9 Å². The molecule has 0 saturated heterocycles. The second-order valence-corrected chi connectivity index (χ2v) is 8.12. The third kappa shape index (κ3) is 4.82. The quantitative estimate of drug-likeness (QED) is 0.263. The Morgan fingerprint density at radius 1 is 0.838 bits per heavy atom. The topological polar surface area (TPSA) is 68.0 Å². The second kappa shape index (κ2) is 8.87. The highest BCUT2D eigenvalue weighted by molar-refractivity contribution is 5.90. The Kier molecular flexibility index (Phi) is 5.81. The minimum atomic E-state index is -4.55. The van der Waals surface area contributed by atoms with Crippen molar-refractivity contribution < 1.29 is 26.3 Å². The molecule has 0 aliphatic carbocycles. The molecule has 37 heavy (non-hydrogen) atoms. The lowest BCUT2D eigenvalue weighted by molar-refractivity contribution is -0.138. The minimum absolute atomic E-state index is 0.00675. The first kappa shape index (κ1) is 24.2. The zero-order valence-electron chi connectivity index (χ0n) is 18.9. The molecule has 0 bridgehead atoms. The summed E-state index contributed by atoms with van der Waals surface area (Å²) in [5.74, 6) is -0.00675. The van der Waals surface area contributed by atoms with Gasteiger partial charge in [0.25, 0.3) is 0 Å². The van der Waals surface area contributed by atoms with Gasteiger partial charge in [-0.05, 0) is 55.0 Å². The van der Waals surface area contributed by atoms with Crippen LogP contribution in [0, 0.1) is 6.92 Å². The fraction of sp³-hybridized carbons (Fsp3) is 0.120. The Balaban J connectivity index is 1.60. The number of halogens is 6. The molecule has 5 rings (SSSR count). The second-order valence-electron chi connectivity index (χ2n) is 8.12. The molecule has 6 nitrogen and oxygen atoms in total. The Labute approximate surface area is 205 Å². The van der Waals surface area contributed by atoms with Crippen molar-refractivity contribution in [1.82, 2.24) is 24.8 Å². The fourth-order valence-electron chi connectivity index (χ4n) is 3.88. The summed E-state index contributed by atoms with van der Waals surface area (Å²) in [5.41, 5.74) is 0.0797. The zero-order valence-corrected chi connectivity index (χ0v) is 18.9. The molecule has 3 heterocycles. The first-order valence-corrected chi connectivity index (χ1v) is 10.8. The van der Waals surface area contributed by atoms with E-state index in [-0.39, 0.29) is 34.2 Å². The summed E-state index contributed by atoms with van der Waals surface area (Å²) in [4.78, 5) is 8.52. The van der Waals surface area contributed by atoms with E-state index < -0.39 is 23.5 Å². The van der Waals surface area contributed by atoms with Gasteiger partial charge in [-0.3, -0.25) is 0 Å². The number of fused-ring (bicyclic) bond motifs is 1.